The van der Waals surface area contributed by atoms with E-state index in [0.29, 0.717) is 0 Å². The van der Waals surface area contributed by atoms with Gasteiger partial charge in [-0.1, -0.05) is 0 Å². The molecule has 0 fully saturated rings. The number of hydrogen-bond acceptors (Lipinski definition) is 4. The average Bonchev–Trinajstić information content (AvgIpc) is 3.46. The van der Waals surface area contributed by atoms with Gasteiger partial charge in [-0.3, -0.25) is 9.59 Å². The summed E-state index contributed by atoms with van der Waals surface area (Å²) in [4.78, 5) is 25.5. The molecule has 1 aliphatic rings. The van der Waals surface area contributed by atoms with E-state index in [9.17, 15) is 9.59 Å². The molecule has 0 amide bonds. The van der Waals surface area contributed by atoms with Crippen LogP contribution in [-0.2, 0) is 14.1 Å². The average molecular weight is 423 g/mol. The number of fused-ring (bicyclic) bond motifs is 2. The monoisotopic (exact) mass is 422 g/mol. The molecule has 0 unspecified atom stereocenters. The second-order valence-electron chi connectivity index (χ2n) is 7.80. The van der Waals surface area contributed by atoms with Gasteiger partial charge < -0.3 is 9.13 Å². The van der Waals surface area contributed by atoms with Crippen molar-refractivity contribution in [2.24, 2.45) is 14.1 Å². The lowest BCUT2D eigenvalue weighted by Gasteiger charge is -2.12. The minimum absolute atomic E-state index is 0.722. The van der Waals surface area contributed by atoms with E-state index in [4.69, 9.17) is 0 Å². The van der Waals surface area contributed by atoms with Gasteiger partial charge in [0.05, 0.1) is 31.8 Å². The molecule has 0 bridgehead atoms. The lowest BCUT2D eigenvalue weighted by molar-refractivity contribution is 0.110. The SMILES string of the molecule is Cc1sc2cc(C=O)n(C)c2c1C1=C(c2c(C)sc3cc(C=O)n(C)c23)CCC1. The molecule has 0 N–H and O–H groups in total. The fourth-order valence-corrected chi connectivity index (χ4v) is 7.26. The first-order valence-corrected chi connectivity index (χ1v) is 11.4. The normalized spacial score (nSPS) is 14.6. The summed E-state index contributed by atoms with van der Waals surface area (Å²) in [5.74, 6) is 0. The van der Waals surface area contributed by atoms with Crippen molar-refractivity contribution in [3.8, 4) is 0 Å². The summed E-state index contributed by atoms with van der Waals surface area (Å²) in [5.41, 5.74) is 9.21. The van der Waals surface area contributed by atoms with Crippen molar-refractivity contribution in [2.45, 2.75) is 33.1 Å². The number of carbonyl (C=O) groups is 2. The van der Waals surface area contributed by atoms with Crippen LogP contribution in [0.25, 0.3) is 31.6 Å². The third-order valence-corrected chi connectivity index (χ3v) is 8.32. The second-order valence-corrected chi connectivity index (χ2v) is 10.3. The molecular weight excluding hydrogens is 400 g/mol. The highest BCUT2D eigenvalue weighted by molar-refractivity contribution is 7.19. The van der Waals surface area contributed by atoms with Crippen LogP contribution in [0.15, 0.2) is 12.1 Å². The summed E-state index contributed by atoms with van der Waals surface area (Å²) in [6.45, 7) is 4.37. The molecule has 148 valence electrons. The zero-order valence-corrected chi connectivity index (χ0v) is 18.6. The number of allylic oxidation sites excluding steroid dienone is 2. The molecule has 0 saturated carbocycles. The van der Waals surface area contributed by atoms with E-state index in [1.807, 2.05) is 35.4 Å². The number of aromatic nitrogens is 2. The van der Waals surface area contributed by atoms with Gasteiger partial charge in [0.15, 0.2) is 12.6 Å². The topological polar surface area (TPSA) is 44.0 Å². The number of carbonyl (C=O) groups excluding carboxylic acids is 2. The van der Waals surface area contributed by atoms with E-state index in [2.05, 4.69) is 13.8 Å². The Morgan fingerprint density at radius 3 is 1.59 bits per heavy atom. The van der Waals surface area contributed by atoms with Crippen molar-refractivity contribution in [3.05, 3.63) is 44.4 Å². The van der Waals surface area contributed by atoms with Crippen LogP contribution in [0.4, 0.5) is 0 Å². The molecule has 4 aromatic heterocycles. The standard InChI is InChI=1S/C23H22N2O2S2/c1-12-20(22-18(28-12)8-14(10-26)24(22)3)16-6-5-7-17(16)21-13(2)29-19-9-15(11-27)25(4)23(19)21/h8-11H,5-7H2,1-4H3. The first kappa shape index (κ1) is 18.6. The number of nitrogens with zero attached hydrogens (tertiary/aromatic N) is 2. The van der Waals surface area contributed by atoms with Crippen LogP contribution >= 0.6 is 22.7 Å². The van der Waals surface area contributed by atoms with Gasteiger partial charge in [-0.25, -0.2) is 0 Å². The Morgan fingerprint density at radius 2 is 1.21 bits per heavy atom. The van der Waals surface area contributed by atoms with Crippen LogP contribution in [0, 0.1) is 13.8 Å². The van der Waals surface area contributed by atoms with Gasteiger partial charge in [0.25, 0.3) is 0 Å². The summed E-state index contributed by atoms with van der Waals surface area (Å²) in [5, 5.41) is 0. The van der Waals surface area contributed by atoms with Crippen LogP contribution in [0.3, 0.4) is 0 Å². The number of hydrogen-bond donors (Lipinski definition) is 0. The number of aryl methyl sites for hydroxylation is 4. The molecule has 5 rings (SSSR count). The van der Waals surface area contributed by atoms with E-state index in [1.54, 1.807) is 22.7 Å². The van der Waals surface area contributed by atoms with Gasteiger partial charge in [0, 0.05) is 35.0 Å². The van der Waals surface area contributed by atoms with E-state index < -0.39 is 0 Å². The Morgan fingerprint density at radius 1 is 0.793 bits per heavy atom. The molecule has 0 aliphatic heterocycles. The lowest BCUT2D eigenvalue weighted by atomic mass is 9.96. The largest absolute Gasteiger partial charge is 0.340 e. The van der Waals surface area contributed by atoms with E-state index in [-0.39, 0.29) is 0 Å². The highest BCUT2D eigenvalue weighted by Crippen LogP contribution is 2.49. The Labute approximate surface area is 177 Å². The van der Waals surface area contributed by atoms with Gasteiger partial charge in [-0.15, -0.1) is 22.7 Å². The lowest BCUT2D eigenvalue weighted by Crippen LogP contribution is -1.98. The summed E-state index contributed by atoms with van der Waals surface area (Å²) in [6.07, 6.45) is 5.10. The fourth-order valence-electron chi connectivity index (χ4n) is 4.92. The van der Waals surface area contributed by atoms with Gasteiger partial charge in [0.2, 0.25) is 0 Å². The summed E-state index contributed by atoms with van der Waals surface area (Å²) >= 11 is 3.54. The maximum absolute atomic E-state index is 11.5. The fraction of sp³-hybridized carbons (Fsp3) is 0.304. The van der Waals surface area contributed by atoms with Crippen molar-refractivity contribution in [2.75, 3.05) is 0 Å². The van der Waals surface area contributed by atoms with Gasteiger partial charge in [0.1, 0.15) is 0 Å². The minimum Gasteiger partial charge on any atom is -0.340 e. The Balaban J connectivity index is 1.83. The van der Waals surface area contributed by atoms with Crippen molar-refractivity contribution >= 4 is 66.8 Å². The summed E-state index contributed by atoms with van der Waals surface area (Å²) in [6, 6.07) is 4.00. The maximum atomic E-state index is 11.5. The zero-order valence-electron chi connectivity index (χ0n) is 17.0. The molecule has 1 aliphatic carbocycles. The van der Waals surface area contributed by atoms with E-state index in [0.717, 1.165) is 43.2 Å². The van der Waals surface area contributed by atoms with Crippen LogP contribution < -0.4 is 0 Å². The van der Waals surface area contributed by atoms with E-state index in [1.165, 1.54) is 52.5 Å². The smallest absolute Gasteiger partial charge is 0.166 e. The molecule has 0 spiro atoms. The highest BCUT2D eigenvalue weighted by Gasteiger charge is 2.28. The number of aldehydes is 2. The van der Waals surface area contributed by atoms with Crippen LogP contribution in [0.5, 0.6) is 0 Å². The van der Waals surface area contributed by atoms with Crippen molar-refractivity contribution in [1.29, 1.82) is 0 Å². The third-order valence-electron chi connectivity index (χ3n) is 6.24. The second kappa shape index (κ2) is 6.54. The summed E-state index contributed by atoms with van der Waals surface area (Å²) < 4.78 is 6.42. The molecule has 0 radical (unpaired) electrons. The van der Waals surface area contributed by atoms with E-state index >= 15 is 0 Å². The molecule has 4 aromatic rings. The van der Waals surface area contributed by atoms with Crippen LogP contribution in [0.2, 0.25) is 0 Å². The molecule has 0 atom stereocenters. The van der Waals surface area contributed by atoms with Crippen molar-refractivity contribution in [1.82, 2.24) is 9.13 Å². The molecule has 0 saturated heterocycles. The Bertz CT molecular complexity index is 1250. The first-order valence-electron chi connectivity index (χ1n) is 9.77. The number of rotatable bonds is 4. The first-order chi connectivity index (χ1) is 14.0. The van der Waals surface area contributed by atoms with Gasteiger partial charge in [-0.05, 0) is 56.4 Å². The van der Waals surface area contributed by atoms with Gasteiger partial charge >= 0.3 is 0 Å². The minimum atomic E-state index is 0.722. The highest BCUT2D eigenvalue weighted by atomic mass is 32.1. The van der Waals surface area contributed by atoms with Crippen molar-refractivity contribution < 1.29 is 9.59 Å². The zero-order chi connectivity index (χ0) is 20.4. The molecule has 4 nitrogen and oxygen atoms in total. The predicted octanol–water partition coefficient (Wildman–Crippen LogP) is 6.13. The molecule has 4 heterocycles. The van der Waals surface area contributed by atoms with Gasteiger partial charge in [-0.2, -0.15) is 0 Å². The molecule has 0 aromatic carbocycles. The predicted molar refractivity (Wildman–Crippen MR) is 123 cm³/mol. The quantitative estimate of drug-likeness (QED) is 0.371. The van der Waals surface area contributed by atoms with Crippen molar-refractivity contribution in [3.63, 3.8) is 0 Å². The molecular formula is C23H22N2O2S2. The summed E-state index contributed by atoms with van der Waals surface area (Å²) in [7, 11) is 3.97. The Hall–Kier alpha value is -2.44. The van der Waals surface area contributed by atoms with Crippen LogP contribution in [0.1, 0.15) is 61.1 Å². The molecule has 29 heavy (non-hydrogen) atoms. The Kier molecular flexibility index (Phi) is 4.19. The maximum Gasteiger partial charge on any atom is 0.166 e. The molecule has 6 heteroatoms. The van der Waals surface area contributed by atoms with Crippen LogP contribution in [-0.4, -0.2) is 21.7 Å². The number of thiophene rings is 2. The third kappa shape index (κ3) is 2.49.